The van der Waals surface area contributed by atoms with Gasteiger partial charge in [-0.2, -0.15) is 9.97 Å². The first-order valence-corrected chi connectivity index (χ1v) is 11.7. The Kier molecular flexibility index (Phi) is 5.35. The number of rotatable bonds is 5. The van der Waals surface area contributed by atoms with Gasteiger partial charge in [-0.05, 0) is 46.6 Å². The smallest absolute Gasteiger partial charge is 0.232 e. The zero-order valence-electron chi connectivity index (χ0n) is 18.6. The molecular weight excluding hydrogens is 444 g/mol. The van der Waals surface area contributed by atoms with E-state index in [1.54, 1.807) is 6.26 Å². The molecule has 0 fully saturated rings. The van der Waals surface area contributed by atoms with Crippen LogP contribution in [0.15, 0.2) is 77.4 Å². The lowest BCUT2D eigenvalue weighted by molar-refractivity contribution is 0.503. The van der Waals surface area contributed by atoms with E-state index >= 15 is 0 Å². The fourth-order valence-corrected chi connectivity index (χ4v) is 4.68. The predicted octanol–water partition coefficient (Wildman–Crippen LogP) is 4.60. The molecule has 0 atom stereocenters. The summed E-state index contributed by atoms with van der Waals surface area (Å²) in [6.07, 6.45) is 1.65. The minimum atomic E-state index is 0.453. The van der Waals surface area contributed by atoms with Crippen molar-refractivity contribution in [1.29, 1.82) is 0 Å². The Bertz CT molecular complexity index is 1220. The van der Waals surface area contributed by atoms with Gasteiger partial charge in [0.2, 0.25) is 5.95 Å². The molecule has 2 aromatic heterocycles. The van der Waals surface area contributed by atoms with Crippen LogP contribution >= 0.6 is 12.2 Å². The van der Waals surface area contributed by atoms with Gasteiger partial charge in [0.05, 0.1) is 12.8 Å². The van der Waals surface area contributed by atoms with Crippen LogP contribution in [0.25, 0.3) is 0 Å². The van der Waals surface area contributed by atoms with Crippen LogP contribution in [0, 0.1) is 0 Å². The van der Waals surface area contributed by atoms with Gasteiger partial charge in [-0.15, -0.1) is 0 Å². The van der Waals surface area contributed by atoms with Gasteiger partial charge in [-0.25, -0.2) is 0 Å². The second-order valence-corrected chi connectivity index (χ2v) is 8.95. The highest BCUT2D eigenvalue weighted by molar-refractivity contribution is 7.80. The average molecular weight is 469 g/mol. The highest BCUT2D eigenvalue weighted by Crippen LogP contribution is 2.32. The number of fused-ring (bicyclic) bond motifs is 2. The highest BCUT2D eigenvalue weighted by Gasteiger charge is 2.25. The van der Waals surface area contributed by atoms with Crippen LogP contribution < -0.4 is 20.4 Å². The molecule has 170 valence electrons. The van der Waals surface area contributed by atoms with Crippen LogP contribution in [0.5, 0.6) is 0 Å². The van der Waals surface area contributed by atoms with E-state index in [0.717, 1.165) is 43.6 Å². The second kappa shape index (κ2) is 8.79. The number of nitrogens with zero attached hydrogens (tertiary/aromatic N) is 4. The third-order valence-electron chi connectivity index (χ3n) is 6.26. The van der Waals surface area contributed by atoms with Crippen molar-refractivity contribution >= 4 is 34.9 Å². The summed E-state index contributed by atoms with van der Waals surface area (Å²) in [4.78, 5) is 14.2. The van der Waals surface area contributed by atoms with Crippen LogP contribution in [0.4, 0.5) is 17.6 Å². The van der Waals surface area contributed by atoms with E-state index in [-0.39, 0.29) is 0 Å². The molecule has 0 radical (unpaired) electrons. The van der Waals surface area contributed by atoms with E-state index in [1.807, 2.05) is 12.1 Å². The van der Waals surface area contributed by atoms with E-state index in [0.29, 0.717) is 17.6 Å². The quantitative estimate of drug-likeness (QED) is 0.412. The van der Waals surface area contributed by atoms with Crippen LogP contribution in [0.3, 0.4) is 0 Å². The van der Waals surface area contributed by atoms with E-state index in [1.165, 1.54) is 22.3 Å². The summed E-state index contributed by atoms with van der Waals surface area (Å²) in [5.74, 6) is 3.06. The zero-order valence-corrected chi connectivity index (χ0v) is 19.4. The zero-order chi connectivity index (χ0) is 22.9. The first kappa shape index (κ1) is 20.7. The van der Waals surface area contributed by atoms with Crippen molar-refractivity contribution in [1.82, 2.24) is 15.3 Å². The van der Waals surface area contributed by atoms with E-state index in [4.69, 9.17) is 26.6 Å². The summed E-state index contributed by atoms with van der Waals surface area (Å²) < 4.78 is 5.37. The number of nitrogens with one attached hydrogen (secondary N) is 2. The summed E-state index contributed by atoms with van der Waals surface area (Å²) in [6.45, 7) is 3.80. The number of hydrogen-bond donors (Lipinski definition) is 2. The molecule has 0 spiro atoms. The lowest BCUT2D eigenvalue weighted by atomic mass is 10.1. The molecule has 0 saturated heterocycles. The molecular formula is C26H24N6OS. The Labute approximate surface area is 203 Å². The lowest BCUT2D eigenvalue weighted by Crippen LogP contribution is -2.29. The molecule has 2 aliphatic heterocycles. The first-order chi connectivity index (χ1) is 16.7. The van der Waals surface area contributed by atoms with Gasteiger partial charge in [-0.1, -0.05) is 48.5 Å². The Morgan fingerprint density at radius 2 is 1.32 bits per heavy atom. The summed E-state index contributed by atoms with van der Waals surface area (Å²) >= 11 is 5.51. The molecule has 0 aliphatic carbocycles. The van der Waals surface area contributed by atoms with E-state index in [2.05, 4.69) is 75.0 Å². The third kappa shape index (κ3) is 4.20. The summed E-state index contributed by atoms with van der Waals surface area (Å²) in [5.41, 5.74) is 5.34. The van der Waals surface area contributed by atoms with E-state index < -0.39 is 0 Å². The van der Waals surface area contributed by atoms with Crippen molar-refractivity contribution < 1.29 is 4.42 Å². The number of furan rings is 1. The molecule has 8 heteroatoms. The molecule has 0 unspecified atom stereocenters. The van der Waals surface area contributed by atoms with Gasteiger partial charge in [0.15, 0.2) is 5.11 Å². The Morgan fingerprint density at radius 3 is 1.79 bits per heavy atom. The van der Waals surface area contributed by atoms with E-state index in [9.17, 15) is 0 Å². The maximum atomic E-state index is 5.51. The SMILES string of the molecule is S=C(NCc1ccco1)Nc1nc(N2Cc3ccccc3C2)cc(N2Cc3ccccc3C2)n1. The molecule has 7 nitrogen and oxygen atoms in total. The number of thiocarbonyl (C=S) groups is 1. The molecule has 2 aromatic carbocycles. The maximum Gasteiger partial charge on any atom is 0.232 e. The lowest BCUT2D eigenvalue weighted by Gasteiger charge is -2.22. The van der Waals surface area contributed by atoms with Crippen molar-refractivity contribution in [2.24, 2.45) is 0 Å². The molecule has 4 aromatic rings. The molecule has 0 amide bonds. The summed E-state index contributed by atoms with van der Waals surface area (Å²) in [6, 6.07) is 22.9. The van der Waals surface area contributed by atoms with Gasteiger partial charge >= 0.3 is 0 Å². The minimum absolute atomic E-state index is 0.453. The monoisotopic (exact) mass is 468 g/mol. The van der Waals surface area contributed by atoms with Gasteiger partial charge in [0, 0.05) is 32.2 Å². The Balaban J connectivity index is 1.26. The molecule has 2 N–H and O–H groups in total. The van der Waals surface area contributed by atoms with Crippen molar-refractivity contribution in [2.45, 2.75) is 32.7 Å². The van der Waals surface area contributed by atoms with Crippen molar-refractivity contribution in [3.05, 3.63) is 101 Å². The highest BCUT2D eigenvalue weighted by atomic mass is 32.1. The Morgan fingerprint density at radius 1 is 0.794 bits per heavy atom. The van der Waals surface area contributed by atoms with Crippen LogP contribution in [0.1, 0.15) is 28.0 Å². The van der Waals surface area contributed by atoms with Gasteiger partial charge in [-0.3, -0.25) is 0 Å². The Hall–Kier alpha value is -3.91. The second-order valence-electron chi connectivity index (χ2n) is 8.54. The summed E-state index contributed by atoms with van der Waals surface area (Å²) in [5, 5.41) is 6.79. The van der Waals surface area contributed by atoms with Gasteiger partial charge < -0.3 is 24.9 Å². The molecule has 34 heavy (non-hydrogen) atoms. The molecule has 0 saturated carbocycles. The normalized spacial score (nSPS) is 14.1. The third-order valence-corrected chi connectivity index (χ3v) is 6.50. The largest absolute Gasteiger partial charge is 0.467 e. The van der Waals surface area contributed by atoms with Crippen LogP contribution in [-0.2, 0) is 32.7 Å². The number of aromatic nitrogens is 2. The number of hydrogen-bond acceptors (Lipinski definition) is 6. The standard InChI is InChI=1S/C26H24N6OS/c34-26(27-13-22-10-5-11-33-22)30-25-28-23(31-14-18-6-1-2-7-19(18)15-31)12-24(29-25)32-16-20-8-3-4-9-21(20)17-32/h1-12H,13-17H2,(H2,27,28,29,30,34). The van der Waals surface area contributed by atoms with Gasteiger partial charge in [0.25, 0.3) is 0 Å². The average Bonchev–Trinajstić information content (AvgIpc) is 3.61. The fraction of sp³-hybridized carbons (Fsp3) is 0.192. The number of benzene rings is 2. The van der Waals surface area contributed by atoms with Crippen LogP contribution in [-0.4, -0.2) is 15.1 Å². The predicted molar refractivity (Wildman–Crippen MR) is 136 cm³/mol. The fourth-order valence-electron chi connectivity index (χ4n) is 4.52. The first-order valence-electron chi connectivity index (χ1n) is 11.3. The minimum Gasteiger partial charge on any atom is -0.467 e. The molecule has 4 heterocycles. The number of anilines is 3. The maximum absolute atomic E-state index is 5.51. The van der Waals surface area contributed by atoms with Gasteiger partial charge in [0.1, 0.15) is 17.4 Å². The molecule has 6 rings (SSSR count). The van der Waals surface area contributed by atoms with Crippen molar-refractivity contribution in [2.75, 3.05) is 15.1 Å². The topological polar surface area (TPSA) is 69.5 Å². The van der Waals surface area contributed by atoms with Crippen molar-refractivity contribution in [3.63, 3.8) is 0 Å². The van der Waals surface area contributed by atoms with Crippen LogP contribution in [0.2, 0.25) is 0 Å². The summed E-state index contributed by atoms with van der Waals surface area (Å²) in [7, 11) is 0. The molecule has 2 aliphatic rings. The molecule has 0 bridgehead atoms. The van der Waals surface area contributed by atoms with Crippen molar-refractivity contribution in [3.8, 4) is 0 Å².